The minimum Gasteiger partial charge on any atom is -0.474 e. The third-order valence-electron chi connectivity index (χ3n) is 9.21. The van der Waals surface area contributed by atoms with Crippen LogP contribution in [0.3, 0.4) is 0 Å². The first kappa shape index (κ1) is 28.3. The molecule has 2 aromatic heterocycles. The van der Waals surface area contributed by atoms with Crippen LogP contribution in [0.2, 0.25) is 5.02 Å². The molecule has 44 heavy (non-hydrogen) atoms. The van der Waals surface area contributed by atoms with Gasteiger partial charge in [-0.25, -0.2) is 19.2 Å². The van der Waals surface area contributed by atoms with E-state index in [1.54, 1.807) is 29.4 Å². The minimum absolute atomic E-state index is 0.00721. The zero-order valence-corrected chi connectivity index (χ0v) is 25.0. The first-order valence-corrected chi connectivity index (χ1v) is 15.2. The molecule has 9 nitrogen and oxygen atoms in total. The molecule has 2 aliphatic heterocycles. The highest BCUT2D eigenvalue weighted by molar-refractivity contribution is 6.35. The number of primary amides is 1. The lowest BCUT2D eigenvalue weighted by atomic mass is 9.93. The normalized spacial score (nSPS) is 18.0. The van der Waals surface area contributed by atoms with Crippen LogP contribution in [0.25, 0.3) is 43.8 Å². The molecule has 2 saturated heterocycles. The fourth-order valence-electron chi connectivity index (χ4n) is 6.83. The molecule has 3 aromatic carbocycles. The number of nitrogens with zero attached hydrogens (tertiary/aromatic N) is 6. The molecule has 2 fully saturated rings. The van der Waals surface area contributed by atoms with E-state index in [0.717, 1.165) is 24.8 Å². The fourth-order valence-corrected chi connectivity index (χ4v) is 7.13. The Morgan fingerprint density at radius 2 is 1.93 bits per heavy atom. The molecule has 0 saturated carbocycles. The van der Waals surface area contributed by atoms with Crippen molar-refractivity contribution in [1.29, 1.82) is 5.26 Å². The van der Waals surface area contributed by atoms with Crippen LogP contribution < -0.4 is 10.5 Å². The molecule has 1 atom stereocenters. The van der Waals surface area contributed by atoms with Crippen molar-refractivity contribution >= 4 is 50.3 Å². The Morgan fingerprint density at radius 3 is 2.64 bits per heavy atom. The molecule has 0 radical (unpaired) electrons. The van der Waals surface area contributed by atoms with Gasteiger partial charge in [0.15, 0.2) is 11.3 Å². The predicted molar refractivity (Wildman–Crippen MR) is 168 cm³/mol. The van der Waals surface area contributed by atoms with Crippen molar-refractivity contribution in [2.24, 2.45) is 5.73 Å². The number of ether oxygens (including phenoxy) is 1. The van der Waals surface area contributed by atoms with Gasteiger partial charge < -0.3 is 24.8 Å². The van der Waals surface area contributed by atoms with Crippen LogP contribution in [-0.2, 0) is 0 Å². The van der Waals surface area contributed by atoms with Crippen molar-refractivity contribution < 1.29 is 13.9 Å². The molecule has 5 aromatic rings. The molecule has 1 unspecified atom stereocenters. The molecule has 0 aliphatic carbocycles. The zero-order chi connectivity index (χ0) is 30.5. The number of fused-ring (bicyclic) bond motifs is 4. The fraction of sp³-hybridized carbons (Fsp3) is 0.333. The summed E-state index contributed by atoms with van der Waals surface area (Å²) in [5.41, 5.74) is 8.00. The second kappa shape index (κ2) is 11.2. The number of hydrogen-bond donors (Lipinski definition) is 1. The molecule has 4 heterocycles. The third-order valence-corrected chi connectivity index (χ3v) is 9.50. The van der Waals surface area contributed by atoms with E-state index in [4.69, 9.17) is 32.0 Å². The Morgan fingerprint density at radius 1 is 1.16 bits per heavy atom. The quantitative estimate of drug-likeness (QED) is 0.251. The second-order valence-electron chi connectivity index (χ2n) is 11.7. The van der Waals surface area contributed by atoms with Gasteiger partial charge in [0, 0.05) is 41.5 Å². The number of piperidine rings is 1. The number of carbonyl (C=O) groups is 1. The Hall–Kier alpha value is -4.46. The maximum Gasteiger partial charge on any atom is 0.314 e. The molecule has 2 N–H and O–H groups in total. The number of likely N-dealkylation sites (tertiary alicyclic amines) is 2. The largest absolute Gasteiger partial charge is 0.474 e. The lowest BCUT2D eigenvalue weighted by molar-refractivity contribution is 0.181. The van der Waals surface area contributed by atoms with E-state index >= 15 is 4.39 Å². The summed E-state index contributed by atoms with van der Waals surface area (Å²) in [7, 11) is 2.07. The van der Waals surface area contributed by atoms with Gasteiger partial charge in [-0.1, -0.05) is 41.9 Å². The molecule has 0 spiro atoms. The number of pyridine rings is 1. The minimum atomic E-state index is -0.589. The van der Waals surface area contributed by atoms with Crippen LogP contribution in [0.1, 0.15) is 37.3 Å². The highest BCUT2D eigenvalue weighted by Crippen LogP contribution is 2.43. The van der Waals surface area contributed by atoms with Gasteiger partial charge in [-0.05, 0) is 62.4 Å². The number of halogens is 2. The van der Waals surface area contributed by atoms with E-state index in [2.05, 4.69) is 18.0 Å². The third kappa shape index (κ3) is 4.68. The lowest BCUT2D eigenvalue weighted by Crippen LogP contribution is -2.42. The summed E-state index contributed by atoms with van der Waals surface area (Å²) in [5.74, 6) is -0.322. The van der Waals surface area contributed by atoms with Gasteiger partial charge in [0.2, 0.25) is 5.88 Å². The number of rotatable bonds is 5. The maximum atomic E-state index is 16.9. The Kier molecular flexibility index (Phi) is 7.23. The van der Waals surface area contributed by atoms with Crippen molar-refractivity contribution in [2.75, 3.05) is 33.3 Å². The summed E-state index contributed by atoms with van der Waals surface area (Å²) in [6, 6.07) is 14.7. The van der Waals surface area contributed by atoms with Crippen LogP contribution >= 0.6 is 11.6 Å². The molecule has 11 heteroatoms. The molecule has 2 aliphatic rings. The molecular weight excluding hydrogens is 581 g/mol. The number of imidazole rings is 1. The van der Waals surface area contributed by atoms with Gasteiger partial charge in [-0.15, -0.1) is 0 Å². The number of nitrogens with two attached hydrogens (primary N) is 1. The molecular formula is C33H31ClFN7O2. The van der Waals surface area contributed by atoms with Crippen molar-refractivity contribution in [3.8, 4) is 23.1 Å². The van der Waals surface area contributed by atoms with Gasteiger partial charge in [-0.2, -0.15) is 5.26 Å². The number of aromatic nitrogens is 3. The highest BCUT2D eigenvalue weighted by Gasteiger charge is 2.29. The van der Waals surface area contributed by atoms with Gasteiger partial charge in [0.05, 0.1) is 28.5 Å². The SMILES string of the molecule is CN1CCCC1COc1nc2c(F)c(-c3cccc4cccc(C#N)c34)c(Cl)cc2c2c1ncn2C1CCN(C(N)=O)CC1. The van der Waals surface area contributed by atoms with Crippen molar-refractivity contribution in [1.82, 2.24) is 24.3 Å². The summed E-state index contributed by atoms with van der Waals surface area (Å²) in [6.45, 7) is 2.44. The van der Waals surface area contributed by atoms with Crippen LogP contribution in [0.5, 0.6) is 5.88 Å². The standard InChI is InChI=1S/C33H31ClFN7O2/c1-40-12-4-8-22(40)17-44-32-30-31(42(18-38-30)21-10-13-41(14-11-21)33(37)43)24-15-25(34)27(28(35)29(24)39-32)23-9-3-6-19-5-2-7-20(16-36)26(19)23/h2-3,5-7,9,15,18,21-22H,4,8,10-14,17H2,1H3,(H2,37,43). The zero-order valence-electron chi connectivity index (χ0n) is 24.3. The van der Waals surface area contributed by atoms with Gasteiger partial charge >= 0.3 is 6.03 Å². The van der Waals surface area contributed by atoms with Crippen molar-refractivity contribution in [3.05, 3.63) is 65.2 Å². The Balaban J connectivity index is 1.43. The van der Waals surface area contributed by atoms with E-state index in [-0.39, 0.29) is 34.1 Å². The van der Waals surface area contributed by atoms with E-state index in [9.17, 15) is 10.1 Å². The van der Waals surface area contributed by atoms with Gasteiger partial charge in [0.25, 0.3) is 0 Å². The van der Waals surface area contributed by atoms with Crippen LogP contribution in [0.15, 0.2) is 48.8 Å². The average molecular weight is 612 g/mol. The number of benzene rings is 3. The van der Waals surface area contributed by atoms with Crippen molar-refractivity contribution in [2.45, 2.75) is 37.8 Å². The second-order valence-corrected chi connectivity index (χ2v) is 12.1. The molecule has 2 amide bonds. The number of likely N-dealkylation sites (N-methyl/N-ethyl adjacent to an activating group) is 1. The number of hydrogen-bond acceptors (Lipinski definition) is 6. The molecule has 224 valence electrons. The lowest BCUT2D eigenvalue weighted by Gasteiger charge is -2.31. The monoisotopic (exact) mass is 611 g/mol. The number of urea groups is 1. The number of nitriles is 1. The molecule has 0 bridgehead atoms. The first-order valence-electron chi connectivity index (χ1n) is 14.8. The summed E-state index contributed by atoms with van der Waals surface area (Å²) in [6.07, 6.45) is 5.19. The Bertz CT molecular complexity index is 1970. The van der Waals surface area contributed by atoms with Crippen LogP contribution in [0, 0.1) is 17.1 Å². The average Bonchev–Trinajstić information content (AvgIpc) is 3.66. The number of carbonyl (C=O) groups excluding carboxylic acids is 1. The van der Waals surface area contributed by atoms with Gasteiger partial charge in [0.1, 0.15) is 12.1 Å². The predicted octanol–water partition coefficient (Wildman–Crippen LogP) is 6.26. The summed E-state index contributed by atoms with van der Waals surface area (Å²) in [5, 5.41) is 12.0. The van der Waals surface area contributed by atoms with Crippen molar-refractivity contribution in [3.63, 3.8) is 0 Å². The highest BCUT2D eigenvalue weighted by atomic mass is 35.5. The molecule has 7 rings (SSSR count). The number of amides is 2. The summed E-state index contributed by atoms with van der Waals surface area (Å²) >= 11 is 6.93. The smallest absolute Gasteiger partial charge is 0.314 e. The van der Waals surface area contributed by atoms with E-state index in [1.807, 2.05) is 28.8 Å². The maximum absolute atomic E-state index is 16.9. The van der Waals surface area contributed by atoms with Crippen LogP contribution in [-0.4, -0.2) is 69.7 Å². The summed E-state index contributed by atoms with van der Waals surface area (Å²) < 4.78 is 25.3. The Labute approximate surface area is 258 Å². The van der Waals surface area contributed by atoms with Crippen LogP contribution in [0.4, 0.5) is 9.18 Å². The van der Waals surface area contributed by atoms with E-state index in [1.165, 1.54) is 0 Å². The summed E-state index contributed by atoms with van der Waals surface area (Å²) in [4.78, 5) is 25.1. The van der Waals surface area contributed by atoms with Gasteiger partial charge in [-0.3, -0.25) is 0 Å². The first-order chi connectivity index (χ1) is 21.4. The topological polar surface area (TPSA) is 113 Å². The van der Waals surface area contributed by atoms with E-state index < -0.39 is 11.8 Å². The van der Waals surface area contributed by atoms with E-state index in [0.29, 0.717) is 65.5 Å².